The van der Waals surface area contributed by atoms with Crippen LogP contribution < -0.4 is 5.32 Å². The molecule has 140 valence electrons. The second kappa shape index (κ2) is 6.48. The Hall–Kier alpha value is -0.0700. The first kappa shape index (κ1) is 20.7. The van der Waals surface area contributed by atoms with E-state index in [9.17, 15) is 14.7 Å². The molecule has 4 nitrogen and oxygen atoms in total. The summed E-state index contributed by atoms with van der Waals surface area (Å²) in [6.07, 6.45) is 0. The van der Waals surface area contributed by atoms with Crippen LogP contribution in [0.15, 0.2) is 34.3 Å². The molecule has 2 aliphatic carbocycles. The molecule has 3 rings (SSSR count). The van der Waals surface area contributed by atoms with Crippen LogP contribution in [0, 0.1) is 11.8 Å². The van der Waals surface area contributed by atoms with E-state index in [1.165, 1.54) is 12.1 Å². The van der Waals surface area contributed by atoms with Gasteiger partial charge in [0.1, 0.15) is 9.75 Å². The molecule has 26 heavy (non-hydrogen) atoms. The summed E-state index contributed by atoms with van der Waals surface area (Å²) in [7, 11) is 0. The maximum Gasteiger partial charge on any atom is 0.309 e. The van der Waals surface area contributed by atoms with Gasteiger partial charge < -0.3 is 10.4 Å². The van der Waals surface area contributed by atoms with Gasteiger partial charge in [-0.05, 0) is 24.3 Å². The first-order chi connectivity index (χ1) is 11.9. The number of carboxylic acid groups (broad SMARTS) is 1. The van der Waals surface area contributed by atoms with Gasteiger partial charge in [0.2, 0.25) is 5.91 Å². The maximum absolute atomic E-state index is 12.9. The Balaban J connectivity index is 2.10. The lowest BCUT2D eigenvalue weighted by Gasteiger charge is -2.33. The summed E-state index contributed by atoms with van der Waals surface area (Å²) in [4.78, 5) is 20.7. The van der Waals surface area contributed by atoms with E-state index in [1.807, 2.05) is 0 Å². The van der Waals surface area contributed by atoms with Crippen LogP contribution in [0.4, 0.5) is 5.69 Å². The number of alkyl halides is 4. The van der Waals surface area contributed by atoms with Crippen molar-refractivity contribution in [1.29, 1.82) is 0 Å². The van der Waals surface area contributed by atoms with Crippen LogP contribution in [0.2, 0.25) is 5.02 Å². The Morgan fingerprint density at radius 2 is 1.35 bits per heavy atom. The SMILES string of the molecule is O=C(O)C1C(C(=O)Nc2ccc(Cl)cc2)C2(Cl)C(Cl)=C(Cl)C1(Cl)C2(Cl)Cl. The van der Waals surface area contributed by atoms with E-state index in [4.69, 9.17) is 81.2 Å². The molecule has 4 atom stereocenters. The molecule has 0 heterocycles. The first-order valence-electron chi connectivity index (χ1n) is 7.01. The number of fused-ring (bicyclic) bond motifs is 2. The van der Waals surface area contributed by atoms with E-state index in [2.05, 4.69) is 5.32 Å². The van der Waals surface area contributed by atoms with Crippen LogP contribution in [-0.4, -0.2) is 31.1 Å². The maximum atomic E-state index is 12.9. The lowest BCUT2D eigenvalue weighted by atomic mass is 9.81. The lowest BCUT2D eigenvalue weighted by Crippen LogP contribution is -2.47. The Morgan fingerprint density at radius 3 is 1.81 bits per heavy atom. The van der Waals surface area contributed by atoms with Crippen LogP contribution in [0.5, 0.6) is 0 Å². The molecule has 1 amide bonds. The number of amides is 1. The van der Waals surface area contributed by atoms with Gasteiger partial charge in [0.25, 0.3) is 0 Å². The Bertz CT molecular complexity index is 840. The number of benzene rings is 1. The summed E-state index contributed by atoms with van der Waals surface area (Å²) >= 11 is 43.8. The average Bonchev–Trinajstić information content (AvgIpc) is 2.77. The van der Waals surface area contributed by atoms with Crippen LogP contribution >= 0.6 is 81.2 Å². The standard InChI is InChI=1S/C15H8Cl7NO3/c16-5-1-3-6(4-2-5)23-11(24)7-8(12(25)26)14(20)10(18)9(17)13(7,19)15(14,21)22/h1-4,7-8H,(H,23,24)(H,25,26). The molecule has 0 aliphatic heterocycles. The van der Waals surface area contributed by atoms with Crippen LogP contribution in [-0.2, 0) is 9.59 Å². The fraction of sp³-hybridized carbons (Fsp3) is 0.333. The number of aliphatic carboxylic acids is 1. The van der Waals surface area contributed by atoms with E-state index in [1.54, 1.807) is 12.1 Å². The molecule has 1 saturated carbocycles. The molecule has 2 bridgehead atoms. The fourth-order valence-electron chi connectivity index (χ4n) is 3.38. The van der Waals surface area contributed by atoms with Crippen molar-refractivity contribution in [1.82, 2.24) is 0 Å². The van der Waals surface area contributed by atoms with Gasteiger partial charge in [0.05, 0.1) is 21.9 Å². The molecule has 0 aromatic heterocycles. The second-order valence-corrected chi connectivity index (χ2v) is 9.63. The molecule has 1 aromatic carbocycles. The van der Waals surface area contributed by atoms with Gasteiger partial charge >= 0.3 is 5.97 Å². The Morgan fingerprint density at radius 1 is 0.885 bits per heavy atom. The molecule has 1 aromatic rings. The topological polar surface area (TPSA) is 66.4 Å². The Kier molecular flexibility index (Phi) is 5.15. The van der Waals surface area contributed by atoms with Crippen molar-refractivity contribution in [3.8, 4) is 0 Å². The summed E-state index contributed by atoms with van der Waals surface area (Å²) in [5.74, 6) is -5.31. The minimum absolute atomic E-state index is 0.255. The lowest BCUT2D eigenvalue weighted by molar-refractivity contribution is -0.146. The quantitative estimate of drug-likeness (QED) is 0.546. The van der Waals surface area contributed by atoms with Gasteiger partial charge in [-0.3, -0.25) is 9.59 Å². The third-order valence-electron chi connectivity index (χ3n) is 4.60. The number of rotatable bonds is 3. The molecule has 2 aliphatic rings. The molecule has 11 heteroatoms. The van der Waals surface area contributed by atoms with Crippen molar-refractivity contribution in [3.63, 3.8) is 0 Å². The zero-order valence-electron chi connectivity index (χ0n) is 12.4. The summed E-state index contributed by atoms with van der Waals surface area (Å²) in [5, 5.41) is 12.2. The number of hydrogen-bond acceptors (Lipinski definition) is 2. The number of anilines is 1. The molecule has 0 radical (unpaired) electrons. The second-order valence-electron chi connectivity index (χ2n) is 5.92. The number of carbonyl (C=O) groups is 2. The smallest absolute Gasteiger partial charge is 0.309 e. The average molecular weight is 498 g/mol. The summed E-state index contributed by atoms with van der Waals surface area (Å²) in [5.41, 5.74) is 0.358. The van der Waals surface area contributed by atoms with Gasteiger partial charge in [-0.25, -0.2) is 0 Å². The van der Waals surface area contributed by atoms with Crippen molar-refractivity contribution in [2.45, 2.75) is 14.1 Å². The number of carboxylic acids is 1. The monoisotopic (exact) mass is 495 g/mol. The van der Waals surface area contributed by atoms with Crippen LogP contribution in [0.25, 0.3) is 0 Å². The van der Waals surface area contributed by atoms with Crippen LogP contribution in [0.3, 0.4) is 0 Å². The van der Waals surface area contributed by atoms with Gasteiger partial charge in [0, 0.05) is 10.7 Å². The molecule has 0 spiro atoms. The highest BCUT2D eigenvalue weighted by Gasteiger charge is 2.85. The molecule has 1 fully saturated rings. The number of allylic oxidation sites excluding steroid dienone is 2. The third kappa shape index (κ3) is 2.43. The van der Waals surface area contributed by atoms with E-state index < -0.39 is 37.8 Å². The van der Waals surface area contributed by atoms with E-state index in [-0.39, 0.29) is 10.1 Å². The van der Waals surface area contributed by atoms with Crippen LogP contribution in [0.1, 0.15) is 0 Å². The Labute approximate surface area is 183 Å². The summed E-state index contributed by atoms with van der Waals surface area (Å²) in [6.45, 7) is 0. The normalized spacial score (nSPS) is 34.9. The predicted octanol–water partition coefficient (Wildman–Crippen LogP) is 5.44. The van der Waals surface area contributed by atoms with E-state index in [0.29, 0.717) is 10.7 Å². The molecule has 2 N–H and O–H groups in total. The first-order valence-corrected chi connectivity index (χ1v) is 9.66. The molecule has 0 saturated heterocycles. The van der Waals surface area contributed by atoms with Crippen molar-refractivity contribution in [3.05, 3.63) is 39.4 Å². The zero-order chi connectivity index (χ0) is 19.7. The van der Waals surface area contributed by atoms with Gasteiger partial charge in [-0.2, -0.15) is 0 Å². The van der Waals surface area contributed by atoms with Gasteiger partial charge in [-0.1, -0.05) is 58.0 Å². The van der Waals surface area contributed by atoms with E-state index in [0.717, 1.165) is 0 Å². The van der Waals surface area contributed by atoms with Crippen molar-refractivity contribution in [2.24, 2.45) is 11.8 Å². The minimum Gasteiger partial charge on any atom is -0.481 e. The number of nitrogens with one attached hydrogen (secondary N) is 1. The zero-order valence-corrected chi connectivity index (χ0v) is 17.7. The van der Waals surface area contributed by atoms with Crippen molar-refractivity contribution in [2.75, 3.05) is 5.32 Å². The summed E-state index contributed by atoms with van der Waals surface area (Å²) < 4.78 is -2.14. The fourth-order valence-corrected chi connectivity index (χ4v) is 6.44. The summed E-state index contributed by atoms with van der Waals surface area (Å²) in [6, 6.07) is 6.14. The van der Waals surface area contributed by atoms with Crippen molar-refractivity contribution < 1.29 is 14.7 Å². The highest BCUT2D eigenvalue weighted by Crippen LogP contribution is 2.76. The molecular weight excluding hydrogens is 490 g/mol. The number of hydrogen-bond donors (Lipinski definition) is 2. The highest BCUT2D eigenvalue weighted by atomic mass is 35.5. The predicted molar refractivity (Wildman–Crippen MR) is 105 cm³/mol. The highest BCUT2D eigenvalue weighted by molar-refractivity contribution is 6.66. The van der Waals surface area contributed by atoms with Gasteiger partial charge in [-0.15, -0.1) is 23.2 Å². The molecule has 4 unspecified atom stereocenters. The third-order valence-corrected chi connectivity index (χ3v) is 9.11. The number of carbonyl (C=O) groups excluding carboxylic acids is 1. The largest absolute Gasteiger partial charge is 0.481 e. The molecular formula is C15H8Cl7NO3. The van der Waals surface area contributed by atoms with E-state index >= 15 is 0 Å². The van der Waals surface area contributed by atoms with Crippen molar-refractivity contribution >= 4 is 98.8 Å². The van der Waals surface area contributed by atoms with Gasteiger partial charge in [0.15, 0.2) is 4.33 Å². The minimum atomic E-state index is -2.14. The number of halogens is 7.